The van der Waals surface area contributed by atoms with Gasteiger partial charge < -0.3 is 10.6 Å². The van der Waals surface area contributed by atoms with E-state index in [0.717, 1.165) is 25.2 Å². The van der Waals surface area contributed by atoms with Gasteiger partial charge in [-0.15, -0.1) is 11.3 Å². The Morgan fingerprint density at radius 3 is 3.06 bits per heavy atom. The van der Waals surface area contributed by atoms with Gasteiger partial charge in [-0.2, -0.15) is 0 Å². The van der Waals surface area contributed by atoms with E-state index in [1.165, 1.54) is 35.4 Å². The minimum atomic E-state index is 0.670. The van der Waals surface area contributed by atoms with Gasteiger partial charge >= 0.3 is 0 Å². The average Bonchev–Trinajstić information content (AvgIpc) is 2.82. The number of anilines is 2. The molecule has 94 valence electrons. The predicted octanol–water partition coefficient (Wildman–Crippen LogP) is 2.72. The number of nitrogens with zero attached hydrogens (tertiary/aromatic N) is 2. The molecule has 0 unspecified atom stereocenters. The molecule has 3 rings (SSSR count). The van der Waals surface area contributed by atoms with E-state index in [1.54, 1.807) is 0 Å². The highest BCUT2D eigenvalue weighted by molar-refractivity contribution is 7.13. The summed E-state index contributed by atoms with van der Waals surface area (Å²) in [5, 5.41) is 2.73. The summed E-state index contributed by atoms with van der Waals surface area (Å²) >= 11 is 1.52. The van der Waals surface area contributed by atoms with Crippen LogP contribution in [0.25, 0.3) is 0 Å². The second-order valence-electron chi connectivity index (χ2n) is 4.65. The van der Waals surface area contributed by atoms with E-state index in [9.17, 15) is 0 Å². The summed E-state index contributed by atoms with van der Waals surface area (Å²) in [6.45, 7) is 2.18. The molecule has 0 saturated carbocycles. The monoisotopic (exact) mass is 259 g/mol. The molecule has 1 aliphatic rings. The second-order valence-corrected chi connectivity index (χ2v) is 5.54. The Morgan fingerprint density at radius 2 is 2.22 bits per heavy atom. The second kappa shape index (κ2) is 4.98. The van der Waals surface area contributed by atoms with Gasteiger partial charge in [0.25, 0.3) is 0 Å². The number of nitrogen functional groups attached to an aromatic ring is 1. The number of benzene rings is 1. The van der Waals surface area contributed by atoms with Gasteiger partial charge in [0.1, 0.15) is 0 Å². The lowest BCUT2D eigenvalue weighted by atomic mass is 10.0. The minimum absolute atomic E-state index is 0.670. The van der Waals surface area contributed by atoms with Crippen LogP contribution >= 0.6 is 11.3 Å². The third-order valence-corrected chi connectivity index (χ3v) is 4.14. The van der Waals surface area contributed by atoms with Crippen molar-refractivity contribution >= 4 is 22.2 Å². The molecule has 2 N–H and O–H groups in total. The minimum Gasteiger partial charge on any atom is -0.375 e. The molecule has 3 nitrogen and oxygen atoms in total. The van der Waals surface area contributed by atoms with Crippen molar-refractivity contribution in [3.63, 3.8) is 0 Å². The first-order valence-corrected chi connectivity index (χ1v) is 7.23. The maximum Gasteiger partial charge on any atom is 0.180 e. The van der Waals surface area contributed by atoms with Crippen LogP contribution in [0.1, 0.15) is 17.7 Å². The number of rotatable bonds is 3. The van der Waals surface area contributed by atoms with E-state index in [4.69, 9.17) is 5.73 Å². The normalized spacial score (nSPS) is 14.6. The van der Waals surface area contributed by atoms with E-state index in [2.05, 4.69) is 39.5 Å². The Labute approximate surface area is 111 Å². The molecule has 0 fully saturated rings. The summed E-state index contributed by atoms with van der Waals surface area (Å²) in [6, 6.07) is 8.72. The molecule has 1 aromatic heterocycles. The molecule has 4 heteroatoms. The van der Waals surface area contributed by atoms with E-state index in [-0.39, 0.29) is 0 Å². The molecule has 0 amide bonds. The van der Waals surface area contributed by atoms with Gasteiger partial charge in [-0.25, -0.2) is 4.98 Å². The molecule has 2 heterocycles. The Balaban J connectivity index is 1.71. The Hall–Kier alpha value is -1.55. The van der Waals surface area contributed by atoms with Crippen LogP contribution in [0, 0.1) is 0 Å². The number of hydrogen-bond donors (Lipinski definition) is 1. The fourth-order valence-electron chi connectivity index (χ4n) is 2.53. The van der Waals surface area contributed by atoms with Gasteiger partial charge in [-0.05, 0) is 24.5 Å². The summed E-state index contributed by atoms with van der Waals surface area (Å²) in [7, 11) is 0. The van der Waals surface area contributed by atoms with Crippen molar-refractivity contribution in [2.24, 2.45) is 0 Å². The highest BCUT2D eigenvalue weighted by Crippen LogP contribution is 2.26. The third kappa shape index (κ3) is 2.34. The molecule has 0 bridgehead atoms. The standard InChI is InChI=1S/C14H17N3S/c15-14-16-12(10-18-14)7-9-17-8-3-5-11-4-1-2-6-13(11)17/h1-2,4,6,10H,3,5,7-9H2,(H2,15,16). The lowest BCUT2D eigenvalue weighted by Gasteiger charge is -2.31. The van der Waals surface area contributed by atoms with Crippen molar-refractivity contribution in [1.29, 1.82) is 0 Å². The van der Waals surface area contributed by atoms with Crippen molar-refractivity contribution in [3.05, 3.63) is 40.9 Å². The molecule has 0 saturated heterocycles. The van der Waals surface area contributed by atoms with E-state index < -0.39 is 0 Å². The molecule has 0 aliphatic carbocycles. The Bertz CT molecular complexity index is 535. The smallest absolute Gasteiger partial charge is 0.180 e. The van der Waals surface area contributed by atoms with Crippen molar-refractivity contribution in [3.8, 4) is 0 Å². The molecule has 1 aromatic carbocycles. The molecule has 1 aliphatic heterocycles. The van der Waals surface area contributed by atoms with Crippen LogP contribution in [0.5, 0.6) is 0 Å². The Morgan fingerprint density at radius 1 is 1.33 bits per heavy atom. The molecule has 0 spiro atoms. The van der Waals surface area contributed by atoms with Gasteiger partial charge in [0, 0.05) is 30.6 Å². The number of aryl methyl sites for hydroxylation is 1. The number of fused-ring (bicyclic) bond motifs is 1. The van der Waals surface area contributed by atoms with Gasteiger partial charge in [0.2, 0.25) is 0 Å². The van der Waals surface area contributed by atoms with Crippen LogP contribution in [0.4, 0.5) is 10.8 Å². The van der Waals surface area contributed by atoms with Crippen LogP contribution in [-0.2, 0) is 12.8 Å². The third-order valence-electron chi connectivity index (χ3n) is 3.41. The van der Waals surface area contributed by atoms with Crippen LogP contribution < -0.4 is 10.6 Å². The van der Waals surface area contributed by atoms with Gasteiger partial charge in [-0.3, -0.25) is 0 Å². The fraction of sp³-hybridized carbons (Fsp3) is 0.357. The maximum absolute atomic E-state index is 5.66. The summed E-state index contributed by atoms with van der Waals surface area (Å²) < 4.78 is 0. The number of thiazole rings is 1. The summed E-state index contributed by atoms with van der Waals surface area (Å²) in [5.74, 6) is 0. The van der Waals surface area contributed by atoms with Crippen LogP contribution in [0.3, 0.4) is 0 Å². The highest BCUT2D eigenvalue weighted by atomic mass is 32.1. The zero-order chi connectivity index (χ0) is 12.4. The predicted molar refractivity (Wildman–Crippen MR) is 77.2 cm³/mol. The molecule has 0 atom stereocenters. The van der Waals surface area contributed by atoms with Gasteiger partial charge in [0.15, 0.2) is 5.13 Å². The summed E-state index contributed by atoms with van der Waals surface area (Å²) in [4.78, 5) is 6.79. The van der Waals surface area contributed by atoms with Crippen LogP contribution in [-0.4, -0.2) is 18.1 Å². The van der Waals surface area contributed by atoms with Crippen molar-refractivity contribution < 1.29 is 0 Å². The van der Waals surface area contributed by atoms with Crippen molar-refractivity contribution in [2.45, 2.75) is 19.3 Å². The van der Waals surface area contributed by atoms with Crippen LogP contribution in [0.2, 0.25) is 0 Å². The molecule has 0 radical (unpaired) electrons. The molecule has 18 heavy (non-hydrogen) atoms. The number of nitrogens with two attached hydrogens (primary N) is 1. The Kier molecular flexibility index (Phi) is 3.19. The molecule has 2 aromatic rings. The van der Waals surface area contributed by atoms with E-state index in [1.807, 2.05) is 0 Å². The first-order chi connectivity index (χ1) is 8.83. The fourth-order valence-corrected chi connectivity index (χ4v) is 3.13. The number of aromatic nitrogens is 1. The highest BCUT2D eigenvalue weighted by Gasteiger charge is 2.15. The lowest BCUT2D eigenvalue weighted by molar-refractivity contribution is 0.685. The maximum atomic E-state index is 5.66. The van der Waals surface area contributed by atoms with Crippen molar-refractivity contribution in [1.82, 2.24) is 4.98 Å². The van der Waals surface area contributed by atoms with Crippen molar-refractivity contribution in [2.75, 3.05) is 23.7 Å². The zero-order valence-corrected chi connectivity index (χ0v) is 11.1. The lowest BCUT2D eigenvalue weighted by Crippen LogP contribution is -2.31. The quantitative estimate of drug-likeness (QED) is 0.921. The topological polar surface area (TPSA) is 42.1 Å². The average molecular weight is 259 g/mol. The number of para-hydroxylation sites is 1. The SMILES string of the molecule is Nc1nc(CCN2CCCc3ccccc32)cs1. The first-order valence-electron chi connectivity index (χ1n) is 6.35. The van der Waals surface area contributed by atoms with Gasteiger partial charge in [-0.1, -0.05) is 18.2 Å². The van der Waals surface area contributed by atoms with E-state index in [0.29, 0.717) is 5.13 Å². The largest absolute Gasteiger partial charge is 0.375 e. The van der Waals surface area contributed by atoms with Crippen LogP contribution in [0.15, 0.2) is 29.6 Å². The summed E-state index contributed by atoms with van der Waals surface area (Å²) in [6.07, 6.45) is 3.43. The molecular weight excluding hydrogens is 242 g/mol. The first kappa shape index (κ1) is 11.5. The van der Waals surface area contributed by atoms with E-state index >= 15 is 0 Å². The number of hydrogen-bond acceptors (Lipinski definition) is 4. The van der Waals surface area contributed by atoms with Gasteiger partial charge in [0.05, 0.1) is 5.69 Å². The summed E-state index contributed by atoms with van der Waals surface area (Å²) in [5.41, 5.74) is 9.64. The zero-order valence-electron chi connectivity index (χ0n) is 10.3. The molecular formula is C14H17N3S.